The normalized spacial score (nSPS) is 22.8. The summed E-state index contributed by atoms with van der Waals surface area (Å²) in [6.45, 7) is 10.8. The van der Waals surface area contributed by atoms with Crippen LogP contribution in [0.3, 0.4) is 0 Å². The first kappa shape index (κ1) is 52.6. The number of hydrogen-bond donors (Lipinski definition) is 2. The molecule has 2 aliphatic heterocycles. The van der Waals surface area contributed by atoms with Gasteiger partial charge in [-0.1, -0.05) is 87.6 Å². The van der Waals surface area contributed by atoms with Crippen molar-refractivity contribution in [3.8, 4) is 11.5 Å². The number of ether oxygens (including phenoxy) is 6. The monoisotopic (exact) mass is 1020 g/mol. The van der Waals surface area contributed by atoms with Gasteiger partial charge in [-0.05, 0) is 71.8 Å². The third-order valence-electron chi connectivity index (χ3n) is 13.7. The SMILES string of the molecule is COc1ccc(C(OC[C@H]2O[C@@H](n3ccc(=O)[nH]c3=O)[C@H](F)[C@@H]2CCN(C[C@H]2O[C@@H](n3ccc(=O)[nH]c3=O)[C@H](OC)[C@@H]2O[Si](C)(C)C(C)(C)C)C(=S)SC)(c2ccccc2)c2ccc(OC)cc2)cc1. The molecule has 0 amide bonds. The number of thioether (sulfide) groups is 1. The molecular weight excluding hydrogens is 958 g/mol. The molecule has 70 heavy (non-hydrogen) atoms. The topological polar surface area (TPSA) is 178 Å². The minimum atomic E-state index is -2.53. The molecule has 4 heterocycles. The average Bonchev–Trinajstić information content (AvgIpc) is 3.84. The number of rotatable bonds is 18. The summed E-state index contributed by atoms with van der Waals surface area (Å²) in [4.78, 5) is 57.2. The second-order valence-electron chi connectivity index (χ2n) is 18.8. The van der Waals surface area contributed by atoms with Crippen LogP contribution in [0.5, 0.6) is 11.5 Å². The average molecular weight is 1020 g/mol. The van der Waals surface area contributed by atoms with Gasteiger partial charge in [0.15, 0.2) is 26.9 Å². The zero-order valence-corrected chi connectivity index (χ0v) is 43.4. The molecule has 2 aliphatic rings. The Morgan fingerprint density at radius 2 is 1.27 bits per heavy atom. The van der Waals surface area contributed by atoms with Gasteiger partial charge in [-0.15, -0.1) is 11.8 Å². The van der Waals surface area contributed by atoms with E-state index in [4.69, 9.17) is 45.1 Å². The maximum atomic E-state index is 17.5. The fourth-order valence-electron chi connectivity index (χ4n) is 8.93. The summed E-state index contributed by atoms with van der Waals surface area (Å²) in [5, 5.41) is -0.212. The van der Waals surface area contributed by atoms with Crippen LogP contribution in [-0.4, -0.2) is 115 Å². The highest BCUT2D eigenvalue weighted by molar-refractivity contribution is 8.22. The first-order valence-corrected chi connectivity index (χ1v) is 27.5. The molecule has 8 atom stereocenters. The number of hydrogen-bond acceptors (Lipinski definition) is 13. The third-order valence-corrected chi connectivity index (χ3v) is 19.6. The quantitative estimate of drug-likeness (QED) is 0.0545. The van der Waals surface area contributed by atoms with Crippen LogP contribution in [0.1, 0.15) is 56.3 Å². The van der Waals surface area contributed by atoms with Crippen molar-refractivity contribution in [3.63, 3.8) is 0 Å². The van der Waals surface area contributed by atoms with E-state index in [2.05, 4.69) is 43.8 Å². The lowest BCUT2D eigenvalue weighted by atomic mass is 9.80. The molecule has 0 aliphatic carbocycles. The number of nitrogens with one attached hydrogen (secondary N) is 2. The molecule has 7 rings (SSSR count). The smallest absolute Gasteiger partial charge is 0.330 e. The second-order valence-corrected chi connectivity index (χ2v) is 25.0. The number of alkyl halides is 1. The van der Waals surface area contributed by atoms with Crippen LogP contribution in [0.15, 0.2) is 123 Å². The van der Waals surface area contributed by atoms with Gasteiger partial charge >= 0.3 is 11.4 Å². The van der Waals surface area contributed by atoms with Gasteiger partial charge in [0.1, 0.15) is 39.7 Å². The molecule has 2 saturated heterocycles. The Morgan fingerprint density at radius 1 is 0.757 bits per heavy atom. The molecule has 0 saturated carbocycles. The predicted molar refractivity (Wildman–Crippen MR) is 272 cm³/mol. The van der Waals surface area contributed by atoms with Gasteiger partial charge < -0.3 is 37.7 Å². The molecule has 2 N–H and O–H groups in total. The van der Waals surface area contributed by atoms with Crippen molar-refractivity contribution >= 4 is 36.6 Å². The van der Waals surface area contributed by atoms with Crippen LogP contribution in [0.4, 0.5) is 4.39 Å². The van der Waals surface area contributed by atoms with Crippen LogP contribution in [0.2, 0.25) is 18.1 Å². The second kappa shape index (κ2) is 22.1. The van der Waals surface area contributed by atoms with Crippen molar-refractivity contribution in [1.29, 1.82) is 0 Å². The van der Waals surface area contributed by atoms with E-state index in [-0.39, 0.29) is 31.2 Å². The van der Waals surface area contributed by atoms with E-state index < -0.39 is 85.4 Å². The van der Waals surface area contributed by atoms with Gasteiger partial charge in [0, 0.05) is 50.6 Å². The summed E-state index contributed by atoms with van der Waals surface area (Å²) in [5.74, 6) is 0.390. The zero-order chi connectivity index (χ0) is 50.5. The molecule has 5 aromatic rings. The Hall–Kier alpha value is -5.19. The number of benzene rings is 3. The van der Waals surface area contributed by atoms with Gasteiger partial charge in [0.05, 0.1) is 26.9 Å². The Labute approximate surface area is 416 Å². The fourth-order valence-corrected chi connectivity index (χ4v) is 10.8. The van der Waals surface area contributed by atoms with Crippen LogP contribution >= 0.6 is 24.0 Å². The molecule has 376 valence electrons. The first-order valence-electron chi connectivity index (χ1n) is 23.0. The molecular formula is C50H62FN5O11S2Si. The molecule has 2 fully saturated rings. The van der Waals surface area contributed by atoms with E-state index >= 15 is 4.39 Å². The fraction of sp³-hybridized carbons (Fsp3) is 0.460. The molecule has 0 unspecified atom stereocenters. The molecule has 16 nitrogen and oxygen atoms in total. The van der Waals surface area contributed by atoms with Crippen LogP contribution < -0.4 is 32.0 Å². The Morgan fingerprint density at radius 3 is 1.76 bits per heavy atom. The van der Waals surface area contributed by atoms with Crippen molar-refractivity contribution in [2.45, 2.75) is 94.0 Å². The molecule has 0 spiro atoms. The first-order chi connectivity index (χ1) is 33.3. The zero-order valence-electron chi connectivity index (χ0n) is 40.8. The van der Waals surface area contributed by atoms with Gasteiger partial charge in [0.25, 0.3) is 11.1 Å². The number of thiocarbonyl (C=S) groups is 1. The minimum absolute atomic E-state index is 0.154. The number of methoxy groups -OCH3 is 3. The van der Waals surface area contributed by atoms with E-state index in [9.17, 15) is 19.2 Å². The lowest BCUT2D eigenvalue weighted by Crippen LogP contribution is -2.52. The van der Waals surface area contributed by atoms with Gasteiger partial charge in [-0.3, -0.25) is 28.7 Å². The van der Waals surface area contributed by atoms with Crippen molar-refractivity contribution in [3.05, 3.63) is 162 Å². The van der Waals surface area contributed by atoms with Crippen molar-refractivity contribution in [2.24, 2.45) is 5.92 Å². The van der Waals surface area contributed by atoms with Gasteiger partial charge in [-0.2, -0.15) is 0 Å². The van der Waals surface area contributed by atoms with E-state index in [0.717, 1.165) is 27.3 Å². The van der Waals surface area contributed by atoms with Crippen molar-refractivity contribution < 1.29 is 37.2 Å². The largest absolute Gasteiger partial charge is 0.497 e. The van der Waals surface area contributed by atoms with E-state index in [1.807, 2.05) is 90.0 Å². The van der Waals surface area contributed by atoms with Gasteiger partial charge in [0.2, 0.25) is 0 Å². The summed E-state index contributed by atoms with van der Waals surface area (Å²) in [5.41, 5.74) is -1.67. The maximum Gasteiger partial charge on any atom is 0.330 e. The summed E-state index contributed by atoms with van der Waals surface area (Å²) in [7, 11) is 2.18. The Balaban J connectivity index is 1.26. The summed E-state index contributed by atoms with van der Waals surface area (Å²) < 4.78 is 65.0. The predicted octanol–water partition coefficient (Wildman–Crippen LogP) is 6.61. The molecule has 3 aromatic carbocycles. The number of H-pyrrole nitrogens is 2. The minimum Gasteiger partial charge on any atom is -0.497 e. The molecule has 2 aromatic heterocycles. The van der Waals surface area contributed by atoms with E-state index in [1.165, 1.54) is 41.9 Å². The standard InChI is InChI=1S/C50H62FN5O11S2Si/c1-49(2,3)70(8,9)67-42-37(65-45(43(42)63-6)56-28-25-40(58)53-47(56)60)29-54(48(68)69-7)26-23-36-38(66-44(41(36)51)55-27-24-39(57)52-46(55)59)30-64-50(31-13-11-10-12-14-31,32-15-19-34(61-4)20-16-32)33-17-21-35(62-5)22-18-33/h10-22,24-25,27-28,36-38,41-45H,23,26,29-30H2,1-9H3,(H,52,57,59)(H,53,58,60)/t36-,37-,38-,41-,42-,43-,44-,45-/m1/s1. The summed E-state index contributed by atoms with van der Waals surface area (Å²) in [6, 6.07) is 27.1. The lowest BCUT2D eigenvalue weighted by molar-refractivity contribution is -0.0880. The highest BCUT2D eigenvalue weighted by Crippen LogP contribution is 2.46. The number of halogens is 1. The highest BCUT2D eigenvalue weighted by Gasteiger charge is 2.53. The molecule has 0 bridgehead atoms. The van der Waals surface area contributed by atoms with E-state index in [0.29, 0.717) is 15.8 Å². The Kier molecular flexibility index (Phi) is 16.6. The molecule has 20 heteroatoms. The maximum absolute atomic E-state index is 17.5. The Bertz CT molecular complexity index is 2760. The summed E-state index contributed by atoms with van der Waals surface area (Å²) in [6.07, 6.45) is -2.68. The van der Waals surface area contributed by atoms with E-state index in [1.54, 1.807) is 14.2 Å². The number of nitrogens with zero attached hydrogens (tertiary/aromatic N) is 3. The number of aromatic nitrogens is 4. The van der Waals surface area contributed by atoms with Crippen LogP contribution in [0.25, 0.3) is 0 Å². The van der Waals surface area contributed by atoms with Crippen molar-refractivity contribution in [1.82, 2.24) is 24.0 Å². The van der Waals surface area contributed by atoms with Crippen molar-refractivity contribution in [2.75, 3.05) is 47.3 Å². The number of aromatic amines is 2. The highest BCUT2D eigenvalue weighted by atomic mass is 32.2. The summed E-state index contributed by atoms with van der Waals surface area (Å²) >= 11 is 7.33. The molecule has 0 radical (unpaired) electrons. The van der Waals surface area contributed by atoms with Crippen LogP contribution in [-0.2, 0) is 29.0 Å². The third kappa shape index (κ3) is 11.0. The lowest BCUT2D eigenvalue weighted by Gasteiger charge is -2.41. The van der Waals surface area contributed by atoms with Crippen LogP contribution in [0, 0.1) is 5.92 Å². The van der Waals surface area contributed by atoms with Gasteiger partial charge in [-0.25, -0.2) is 14.0 Å².